The molecule has 2 heterocycles. The summed E-state index contributed by atoms with van der Waals surface area (Å²) in [5.74, 6) is 0.596. The number of ether oxygens (including phenoxy) is 1. The van der Waals surface area contributed by atoms with E-state index in [1.807, 2.05) is 30.7 Å². The van der Waals surface area contributed by atoms with Crippen LogP contribution >= 0.6 is 0 Å². The Hall–Kier alpha value is -2.08. The molecule has 2 aromatic rings. The Morgan fingerprint density at radius 2 is 2.15 bits per heavy atom. The zero-order chi connectivity index (χ0) is 14.5. The summed E-state index contributed by atoms with van der Waals surface area (Å²) in [5, 5.41) is 16.7. The van der Waals surface area contributed by atoms with Gasteiger partial charge in [0.25, 0.3) is 0 Å². The molecule has 0 aliphatic heterocycles. The Morgan fingerprint density at radius 1 is 1.35 bits per heavy atom. The predicted molar refractivity (Wildman–Crippen MR) is 76.9 cm³/mol. The van der Waals surface area contributed by atoms with Crippen molar-refractivity contribution in [2.24, 2.45) is 0 Å². The van der Waals surface area contributed by atoms with E-state index in [2.05, 4.69) is 15.4 Å². The zero-order valence-corrected chi connectivity index (χ0v) is 12.1. The van der Waals surface area contributed by atoms with Gasteiger partial charge in [-0.3, -0.25) is 4.68 Å². The molecule has 0 atom stereocenters. The zero-order valence-electron chi connectivity index (χ0n) is 12.1. The lowest BCUT2D eigenvalue weighted by atomic mass is 10.2. The van der Waals surface area contributed by atoms with Crippen LogP contribution in [0.1, 0.15) is 17.0 Å². The van der Waals surface area contributed by atoms with E-state index >= 15 is 0 Å². The first-order valence-electron chi connectivity index (χ1n) is 6.53. The molecule has 0 amide bonds. The van der Waals surface area contributed by atoms with Crippen molar-refractivity contribution in [3.63, 3.8) is 0 Å². The minimum atomic E-state index is 0.0945. The summed E-state index contributed by atoms with van der Waals surface area (Å²) in [4.78, 5) is 4.15. The number of rotatable bonds is 6. The van der Waals surface area contributed by atoms with Gasteiger partial charge in [-0.2, -0.15) is 5.10 Å². The van der Waals surface area contributed by atoms with Crippen LogP contribution < -0.4 is 10.1 Å². The Kier molecular flexibility index (Phi) is 4.57. The van der Waals surface area contributed by atoms with Gasteiger partial charge in [-0.05, 0) is 19.9 Å². The van der Waals surface area contributed by atoms with Crippen molar-refractivity contribution >= 4 is 5.69 Å². The largest absolute Gasteiger partial charge is 0.481 e. The first-order valence-corrected chi connectivity index (χ1v) is 6.53. The number of anilines is 1. The quantitative estimate of drug-likeness (QED) is 0.836. The Balaban J connectivity index is 2.06. The summed E-state index contributed by atoms with van der Waals surface area (Å²) in [6.07, 6.45) is 1.74. The van der Waals surface area contributed by atoms with Crippen molar-refractivity contribution in [1.82, 2.24) is 14.8 Å². The van der Waals surface area contributed by atoms with E-state index < -0.39 is 0 Å². The van der Waals surface area contributed by atoms with Crippen molar-refractivity contribution in [1.29, 1.82) is 0 Å². The van der Waals surface area contributed by atoms with E-state index in [1.54, 1.807) is 13.3 Å². The summed E-state index contributed by atoms with van der Waals surface area (Å²) in [6, 6.07) is 3.74. The molecule has 6 heteroatoms. The Bertz CT molecular complexity index is 563. The van der Waals surface area contributed by atoms with Gasteiger partial charge in [-0.25, -0.2) is 4.98 Å². The van der Waals surface area contributed by atoms with Crippen LogP contribution in [0, 0.1) is 13.8 Å². The average Bonchev–Trinajstić information content (AvgIpc) is 2.72. The number of aliphatic hydroxyl groups excluding tert-OH is 1. The third kappa shape index (κ3) is 3.08. The van der Waals surface area contributed by atoms with Crippen molar-refractivity contribution in [2.45, 2.75) is 26.9 Å². The third-order valence-corrected chi connectivity index (χ3v) is 3.26. The molecule has 2 rings (SSSR count). The van der Waals surface area contributed by atoms with Crippen LogP contribution in [0.5, 0.6) is 5.88 Å². The minimum Gasteiger partial charge on any atom is -0.481 e. The fourth-order valence-electron chi connectivity index (χ4n) is 2.10. The molecule has 0 saturated carbocycles. The van der Waals surface area contributed by atoms with Crippen molar-refractivity contribution < 1.29 is 9.84 Å². The van der Waals surface area contributed by atoms with E-state index in [0.717, 1.165) is 22.6 Å². The maximum absolute atomic E-state index is 9.00. The molecule has 108 valence electrons. The molecule has 0 aromatic carbocycles. The van der Waals surface area contributed by atoms with Crippen LogP contribution in [0.15, 0.2) is 18.3 Å². The summed E-state index contributed by atoms with van der Waals surface area (Å²) in [7, 11) is 1.59. The predicted octanol–water partition coefficient (Wildman–Crippen LogP) is 1.51. The first kappa shape index (κ1) is 14.3. The monoisotopic (exact) mass is 276 g/mol. The highest BCUT2D eigenvalue weighted by atomic mass is 16.5. The summed E-state index contributed by atoms with van der Waals surface area (Å²) < 4.78 is 6.86. The van der Waals surface area contributed by atoms with E-state index in [9.17, 15) is 0 Å². The van der Waals surface area contributed by atoms with E-state index in [-0.39, 0.29) is 6.61 Å². The van der Waals surface area contributed by atoms with Gasteiger partial charge >= 0.3 is 0 Å². The number of methoxy groups -OCH3 is 1. The van der Waals surface area contributed by atoms with Crippen LogP contribution in [0.2, 0.25) is 0 Å². The second kappa shape index (κ2) is 6.38. The molecule has 0 aliphatic carbocycles. The van der Waals surface area contributed by atoms with Gasteiger partial charge in [0.05, 0.1) is 37.8 Å². The number of pyridine rings is 1. The molecule has 0 radical (unpaired) electrons. The highest BCUT2D eigenvalue weighted by Crippen LogP contribution is 2.16. The fraction of sp³-hybridized carbons (Fsp3) is 0.429. The van der Waals surface area contributed by atoms with Gasteiger partial charge in [-0.15, -0.1) is 0 Å². The first-order chi connectivity index (χ1) is 9.65. The van der Waals surface area contributed by atoms with Crippen LogP contribution in [-0.4, -0.2) is 33.6 Å². The lowest BCUT2D eigenvalue weighted by Crippen LogP contribution is -2.07. The van der Waals surface area contributed by atoms with Crippen molar-refractivity contribution in [3.05, 3.63) is 35.3 Å². The number of nitrogens with one attached hydrogen (secondary N) is 1. The van der Waals surface area contributed by atoms with Gasteiger partial charge in [0.1, 0.15) is 0 Å². The molecule has 0 fully saturated rings. The smallest absolute Gasteiger partial charge is 0.213 e. The van der Waals surface area contributed by atoms with Crippen LogP contribution in [0.4, 0.5) is 5.69 Å². The molecule has 0 unspecified atom stereocenters. The summed E-state index contributed by atoms with van der Waals surface area (Å²) in [6.45, 7) is 5.29. The molecule has 2 N–H and O–H groups in total. The third-order valence-electron chi connectivity index (χ3n) is 3.26. The van der Waals surface area contributed by atoms with E-state index in [0.29, 0.717) is 19.0 Å². The van der Waals surface area contributed by atoms with Crippen LogP contribution in [0.3, 0.4) is 0 Å². The van der Waals surface area contributed by atoms with Gasteiger partial charge in [0.2, 0.25) is 5.88 Å². The molecule has 20 heavy (non-hydrogen) atoms. The number of nitrogens with zero attached hydrogens (tertiary/aromatic N) is 3. The number of hydrogen-bond donors (Lipinski definition) is 2. The minimum absolute atomic E-state index is 0.0945. The van der Waals surface area contributed by atoms with E-state index in [4.69, 9.17) is 9.84 Å². The summed E-state index contributed by atoms with van der Waals surface area (Å²) in [5.41, 5.74) is 4.13. The number of aromatic nitrogens is 3. The molecule has 6 nitrogen and oxygen atoms in total. The van der Waals surface area contributed by atoms with Crippen molar-refractivity contribution in [2.75, 3.05) is 19.0 Å². The lowest BCUT2D eigenvalue weighted by Gasteiger charge is -2.07. The van der Waals surface area contributed by atoms with Gasteiger partial charge in [0, 0.05) is 23.9 Å². The summed E-state index contributed by atoms with van der Waals surface area (Å²) >= 11 is 0. The Labute approximate surface area is 118 Å². The molecule has 0 spiro atoms. The Morgan fingerprint density at radius 3 is 2.75 bits per heavy atom. The van der Waals surface area contributed by atoms with E-state index in [1.165, 1.54) is 0 Å². The van der Waals surface area contributed by atoms with Crippen LogP contribution in [-0.2, 0) is 13.1 Å². The maximum atomic E-state index is 9.00. The fourth-order valence-corrected chi connectivity index (χ4v) is 2.10. The molecular weight excluding hydrogens is 256 g/mol. The standard InChI is InChI=1S/C14H20N4O2/c1-10-13(11(2)18(17-10)6-7-19)9-15-12-4-5-14(20-3)16-8-12/h4-5,8,15,19H,6-7,9H2,1-3H3. The topological polar surface area (TPSA) is 72.2 Å². The average molecular weight is 276 g/mol. The van der Waals surface area contributed by atoms with Crippen LogP contribution in [0.25, 0.3) is 0 Å². The highest BCUT2D eigenvalue weighted by molar-refractivity contribution is 5.43. The molecule has 0 aliphatic rings. The molecule has 0 bridgehead atoms. The van der Waals surface area contributed by atoms with Crippen molar-refractivity contribution in [3.8, 4) is 5.88 Å². The van der Waals surface area contributed by atoms with Gasteiger partial charge < -0.3 is 15.2 Å². The van der Waals surface area contributed by atoms with Gasteiger partial charge in [-0.1, -0.05) is 0 Å². The number of aryl methyl sites for hydroxylation is 1. The second-order valence-electron chi connectivity index (χ2n) is 4.54. The number of aliphatic hydroxyl groups is 1. The number of hydrogen-bond acceptors (Lipinski definition) is 5. The molecule has 0 saturated heterocycles. The SMILES string of the molecule is COc1ccc(NCc2c(C)nn(CCO)c2C)cn1. The second-order valence-corrected chi connectivity index (χ2v) is 4.54. The molecule has 2 aromatic heterocycles. The lowest BCUT2D eigenvalue weighted by molar-refractivity contribution is 0.268. The van der Waals surface area contributed by atoms with Gasteiger partial charge in [0.15, 0.2) is 0 Å². The maximum Gasteiger partial charge on any atom is 0.213 e. The highest BCUT2D eigenvalue weighted by Gasteiger charge is 2.10. The normalized spacial score (nSPS) is 10.6. The molecular formula is C14H20N4O2.